The summed E-state index contributed by atoms with van der Waals surface area (Å²) in [5.74, 6) is 0.358. The highest BCUT2D eigenvalue weighted by Crippen LogP contribution is 2.26. The van der Waals surface area contributed by atoms with E-state index in [1.807, 2.05) is 12.1 Å². The fourth-order valence-corrected chi connectivity index (χ4v) is 2.86. The number of hydrogen-bond acceptors (Lipinski definition) is 3. The Labute approximate surface area is 114 Å². The normalized spacial score (nSPS) is 24.4. The molecule has 1 aliphatic rings. The minimum Gasteiger partial charge on any atom is -0.497 e. The van der Waals surface area contributed by atoms with Gasteiger partial charge in [0.25, 0.3) is 0 Å². The molecule has 106 valence electrons. The van der Waals surface area contributed by atoms with Gasteiger partial charge in [0.05, 0.1) is 7.11 Å². The van der Waals surface area contributed by atoms with E-state index in [-0.39, 0.29) is 5.82 Å². The number of piperidine rings is 1. The Hall–Kier alpha value is -1.13. The molecule has 1 aliphatic heterocycles. The van der Waals surface area contributed by atoms with Crippen LogP contribution in [0, 0.1) is 5.82 Å². The first kappa shape index (κ1) is 14.3. The topological polar surface area (TPSA) is 38.5 Å². The number of benzene rings is 1. The summed E-state index contributed by atoms with van der Waals surface area (Å²) in [6, 6.07) is 5.89. The molecule has 1 aromatic carbocycles. The molecular weight excluding hydrogens is 243 g/mol. The SMILES string of the molecule is COc1ccc(CN2C(C)CCCC2CN)c(F)c1. The van der Waals surface area contributed by atoms with Crippen molar-refractivity contribution in [2.75, 3.05) is 13.7 Å². The van der Waals surface area contributed by atoms with E-state index >= 15 is 0 Å². The molecule has 3 nitrogen and oxygen atoms in total. The van der Waals surface area contributed by atoms with Crippen molar-refractivity contribution in [3.63, 3.8) is 0 Å². The number of likely N-dealkylation sites (tertiary alicyclic amines) is 1. The molecule has 2 unspecified atom stereocenters. The molecule has 1 heterocycles. The van der Waals surface area contributed by atoms with Crippen LogP contribution in [-0.2, 0) is 6.54 Å². The van der Waals surface area contributed by atoms with Gasteiger partial charge < -0.3 is 10.5 Å². The third-order valence-corrected chi connectivity index (χ3v) is 4.08. The van der Waals surface area contributed by atoms with Crippen LogP contribution in [0.15, 0.2) is 18.2 Å². The Kier molecular flexibility index (Phi) is 4.77. The largest absolute Gasteiger partial charge is 0.497 e. The van der Waals surface area contributed by atoms with Crippen LogP contribution in [0.25, 0.3) is 0 Å². The molecule has 2 atom stereocenters. The Bertz CT molecular complexity index is 425. The molecule has 0 bridgehead atoms. The van der Waals surface area contributed by atoms with E-state index < -0.39 is 0 Å². The molecular formula is C15H23FN2O. The second-order valence-electron chi connectivity index (χ2n) is 5.30. The zero-order valence-electron chi connectivity index (χ0n) is 11.7. The van der Waals surface area contributed by atoms with Crippen molar-refractivity contribution >= 4 is 0 Å². The third kappa shape index (κ3) is 3.25. The second-order valence-corrected chi connectivity index (χ2v) is 5.30. The lowest BCUT2D eigenvalue weighted by Crippen LogP contribution is -2.48. The van der Waals surface area contributed by atoms with Crippen molar-refractivity contribution in [2.45, 2.75) is 44.8 Å². The number of nitrogens with two attached hydrogens (primary N) is 1. The van der Waals surface area contributed by atoms with Crippen molar-refractivity contribution in [2.24, 2.45) is 5.73 Å². The smallest absolute Gasteiger partial charge is 0.131 e. The molecule has 1 fully saturated rings. The van der Waals surface area contributed by atoms with Gasteiger partial charge in [-0.3, -0.25) is 4.90 Å². The Morgan fingerprint density at radius 3 is 2.84 bits per heavy atom. The highest BCUT2D eigenvalue weighted by atomic mass is 19.1. The molecule has 1 saturated heterocycles. The van der Waals surface area contributed by atoms with Gasteiger partial charge in [-0.1, -0.05) is 12.5 Å². The molecule has 0 spiro atoms. The fourth-order valence-electron chi connectivity index (χ4n) is 2.86. The van der Waals surface area contributed by atoms with Crippen LogP contribution in [0.5, 0.6) is 5.75 Å². The summed E-state index contributed by atoms with van der Waals surface area (Å²) in [6.45, 7) is 3.46. The van der Waals surface area contributed by atoms with Gasteiger partial charge in [-0.05, 0) is 25.8 Å². The van der Waals surface area contributed by atoms with Crippen molar-refractivity contribution in [1.82, 2.24) is 4.90 Å². The van der Waals surface area contributed by atoms with E-state index in [9.17, 15) is 4.39 Å². The molecule has 2 rings (SSSR count). The molecule has 1 aromatic rings. The van der Waals surface area contributed by atoms with Crippen LogP contribution in [-0.4, -0.2) is 30.6 Å². The van der Waals surface area contributed by atoms with Crippen LogP contribution in [0.2, 0.25) is 0 Å². The summed E-state index contributed by atoms with van der Waals surface area (Å²) >= 11 is 0. The molecule has 4 heteroatoms. The average molecular weight is 266 g/mol. The summed E-state index contributed by atoms with van der Waals surface area (Å²) in [6.07, 6.45) is 3.48. The lowest BCUT2D eigenvalue weighted by Gasteiger charge is -2.40. The van der Waals surface area contributed by atoms with E-state index in [1.165, 1.54) is 12.5 Å². The zero-order valence-corrected chi connectivity index (χ0v) is 11.7. The van der Waals surface area contributed by atoms with E-state index in [2.05, 4.69) is 11.8 Å². The second kappa shape index (κ2) is 6.35. The Balaban J connectivity index is 2.14. The predicted octanol–water partition coefficient (Wildman–Crippen LogP) is 2.54. The van der Waals surface area contributed by atoms with Gasteiger partial charge in [0.2, 0.25) is 0 Å². The molecule has 0 amide bonds. The summed E-state index contributed by atoms with van der Waals surface area (Å²) in [5, 5.41) is 0. The first-order valence-corrected chi connectivity index (χ1v) is 6.94. The van der Waals surface area contributed by atoms with Gasteiger partial charge in [0.15, 0.2) is 0 Å². The van der Waals surface area contributed by atoms with Crippen LogP contribution >= 0.6 is 0 Å². The van der Waals surface area contributed by atoms with Crippen molar-refractivity contribution in [1.29, 1.82) is 0 Å². The van der Waals surface area contributed by atoms with Gasteiger partial charge in [-0.2, -0.15) is 0 Å². The zero-order chi connectivity index (χ0) is 13.8. The van der Waals surface area contributed by atoms with Gasteiger partial charge in [0, 0.05) is 36.8 Å². The van der Waals surface area contributed by atoms with Gasteiger partial charge in [0.1, 0.15) is 11.6 Å². The number of ether oxygens (including phenoxy) is 1. The number of nitrogens with zero attached hydrogens (tertiary/aromatic N) is 1. The molecule has 0 radical (unpaired) electrons. The maximum Gasteiger partial charge on any atom is 0.131 e. The van der Waals surface area contributed by atoms with Gasteiger partial charge >= 0.3 is 0 Å². The van der Waals surface area contributed by atoms with E-state index in [0.717, 1.165) is 12.8 Å². The van der Waals surface area contributed by atoms with Crippen LogP contribution < -0.4 is 10.5 Å². The van der Waals surface area contributed by atoms with Crippen molar-refractivity contribution in [3.05, 3.63) is 29.6 Å². The molecule has 0 saturated carbocycles. The number of rotatable bonds is 4. The molecule has 0 aliphatic carbocycles. The van der Waals surface area contributed by atoms with Crippen LogP contribution in [0.3, 0.4) is 0 Å². The number of methoxy groups -OCH3 is 1. The quantitative estimate of drug-likeness (QED) is 0.910. The number of hydrogen-bond donors (Lipinski definition) is 1. The lowest BCUT2D eigenvalue weighted by molar-refractivity contribution is 0.0879. The van der Waals surface area contributed by atoms with Crippen LogP contribution in [0.4, 0.5) is 4.39 Å². The average Bonchev–Trinajstić information content (AvgIpc) is 2.42. The summed E-state index contributed by atoms with van der Waals surface area (Å²) in [5.41, 5.74) is 6.55. The summed E-state index contributed by atoms with van der Waals surface area (Å²) in [7, 11) is 1.55. The minimum absolute atomic E-state index is 0.201. The first-order valence-electron chi connectivity index (χ1n) is 6.94. The highest BCUT2D eigenvalue weighted by Gasteiger charge is 2.27. The first-order chi connectivity index (χ1) is 9.15. The monoisotopic (exact) mass is 266 g/mol. The fraction of sp³-hybridized carbons (Fsp3) is 0.600. The minimum atomic E-state index is -0.201. The van der Waals surface area contributed by atoms with Crippen molar-refractivity contribution in [3.8, 4) is 5.75 Å². The summed E-state index contributed by atoms with van der Waals surface area (Å²) < 4.78 is 19.0. The molecule has 0 aromatic heterocycles. The third-order valence-electron chi connectivity index (χ3n) is 4.08. The Morgan fingerprint density at radius 2 is 2.21 bits per heavy atom. The summed E-state index contributed by atoms with van der Waals surface area (Å²) in [4.78, 5) is 2.33. The molecule has 19 heavy (non-hydrogen) atoms. The van der Waals surface area contributed by atoms with Crippen molar-refractivity contribution < 1.29 is 9.13 Å². The molecule has 2 N–H and O–H groups in total. The van der Waals surface area contributed by atoms with Crippen LogP contribution in [0.1, 0.15) is 31.7 Å². The lowest BCUT2D eigenvalue weighted by atomic mass is 9.95. The Morgan fingerprint density at radius 1 is 1.42 bits per heavy atom. The van der Waals surface area contributed by atoms with Gasteiger partial charge in [-0.15, -0.1) is 0 Å². The standard InChI is InChI=1S/C15H23FN2O/c1-11-4-3-5-13(9-17)18(11)10-12-6-7-14(19-2)8-15(12)16/h6-8,11,13H,3-5,9-10,17H2,1-2H3. The van der Waals surface area contributed by atoms with E-state index in [0.29, 0.717) is 36.5 Å². The van der Waals surface area contributed by atoms with E-state index in [4.69, 9.17) is 10.5 Å². The predicted molar refractivity (Wildman–Crippen MR) is 74.7 cm³/mol. The van der Waals surface area contributed by atoms with E-state index in [1.54, 1.807) is 7.11 Å². The maximum absolute atomic E-state index is 14.0. The van der Waals surface area contributed by atoms with Gasteiger partial charge in [-0.25, -0.2) is 4.39 Å². The number of halogens is 1. The maximum atomic E-state index is 14.0. The highest BCUT2D eigenvalue weighted by molar-refractivity contribution is 5.29.